The Bertz CT molecular complexity index is 981. The second-order valence-corrected chi connectivity index (χ2v) is 8.53. The minimum atomic E-state index is -0.510. The predicted molar refractivity (Wildman–Crippen MR) is 126 cm³/mol. The second-order valence-electron chi connectivity index (χ2n) is 7.55. The molecule has 0 unspecified atom stereocenters. The molecule has 0 aliphatic carbocycles. The third kappa shape index (κ3) is 6.42. The van der Waals surface area contributed by atoms with E-state index >= 15 is 0 Å². The number of carbonyl (C=O) groups excluding carboxylic acids is 3. The lowest BCUT2D eigenvalue weighted by Gasteiger charge is -2.19. The van der Waals surface area contributed by atoms with Gasteiger partial charge in [-0.05, 0) is 39.7 Å². The minimum absolute atomic E-state index is 0.126. The van der Waals surface area contributed by atoms with E-state index in [1.165, 1.54) is 7.11 Å². The maximum absolute atomic E-state index is 13.6. The molecule has 10 heteroatoms. The fraction of sp³-hybridized carbons (Fsp3) is 0.565. The van der Waals surface area contributed by atoms with Gasteiger partial charge in [-0.2, -0.15) is 0 Å². The third-order valence-corrected chi connectivity index (χ3v) is 6.24. The lowest BCUT2D eigenvalue weighted by molar-refractivity contribution is 0.0386. The van der Waals surface area contributed by atoms with Crippen molar-refractivity contribution in [3.63, 3.8) is 0 Å². The molecule has 0 radical (unpaired) electrons. The number of ether oxygens (including phenoxy) is 3. The Labute approximate surface area is 198 Å². The molecule has 0 saturated heterocycles. The zero-order valence-electron chi connectivity index (χ0n) is 20.2. The van der Waals surface area contributed by atoms with Gasteiger partial charge in [-0.25, -0.2) is 14.6 Å². The highest BCUT2D eigenvalue weighted by Crippen LogP contribution is 2.30. The summed E-state index contributed by atoms with van der Waals surface area (Å²) in [6, 6.07) is 0. The average molecular weight is 480 g/mol. The largest absolute Gasteiger partial charge is 0.462 e. The summed E-state index contributed by atoms with van der Waals surface area (Å²) in [5.74, 6) is -1.27. The Morgan fingerprint density at radius 3 is 2.39 bits per heavy atom. The molecular weight excluding hydrogens is 446 g/mol. The van der Waals surface area contributed by atoms with E-state index in [9.17, 15) is 14.4 Å². The number of rotatable bonds is 12. The van der Waals surface area contributed by atoms with Crippen LogP contribution in [0.25, 0.3) is 0 Å². The van der Waals surface area contributed by atoms with Crippen LogP contribution in [0.2, 0.25) is 0 Å². The molecule has 2 aromatic rings. The van der Waals surface area contributed by atoms with Crippen molar-refractivity contribution in [2.45, 2.75) is 53.9 Å². The molecule has 1 amide bonds. The van der Waals surface area contributed by atoms with E-state index in [4.69, 9.17) is 14.2 Å². The Balaban J connectivity index is 2.39. The number of anilines is 1. The van der Waals surface area contributed by atoms with Gasteiger partial charge in [0.25, 0.3) is 5.91 Å². The van der Waals surface area contributed by atoms with Crippen LogP contribution in [-0.4, -0.2) is 61.3 Å². The Morgan fingerprint density at radius 2 is 1.76 bits per heavy atom. The maximum atomic E-state index is 13.6. The summed E-state index contributed by atoms with van der Waals surface area (Å²) in [4.78, 5) is 47.9. The number of aromatic amines is 1. The smallest absolute Gasteiger partial charge is 0.350 e. The van der Waals surface area contributed by atoms with Crippen molar-refractivity contribution in [3.8, 4) is 0 Å². The van der Waals surface area contributed by atoms with Crippen molar-refractivity contribution in [1.29, 1.82) is 0 Å². The number of methoxy groups -OCH3 is 1. The number of H-pyrrole nitrogens is 1. The monoisotopic (exact) mass is 479 g/mol. The molecule has 1 N–H and O–H groups in total. The minimum Gasteiger partial charge on any atom is -0.462 e. The number of thiazole rings is 1. The number of aryl methyl sites for hydroxylation is 2. The summed E-state index contributed by atoms with van der Waals surface area (Å²) in [7, 11) is 1.53. The Morgan fingerprint density at radius 1 is 1.03 bits per heavy atom. The van der Waals surface area contributed by atoms with Crippen LogP contribution in [0.1, 0.15) is 80.6 Å². The number of nitrogens with one attached hydrogen (secondary N) is 1. The summed E-state index contributed by atoms with van der Waals surface area (Å²) in [6.07, 6.45) is 2.71. The van der Waals surface area contributed by atoms with E-state index in [1.807, 2.05) is 0 Å². The lowest BCUT2D eigenvalue weighted by atomic mass is 10.1. The number of unbranched alkanes of at least 4 members (excludes halogenated alkanes) is 2. The van der Waals surface area contributed by atoms with Gasteiger partial charge in [0.15, 0.2) is 5.13 Å². The van der Waals surface area contributed by atoms with Crippen LogP contribution in [-0.2, 0) is 14.2 Å². The average Bonchev–Trinajstić information content (AvgIpc) is 3.30. The van der Waals surface area contributed by atoms with Crippen LogP contribution in [0.15, 0.2) is 0 Å². The molecule has 0 fully saturated rings. The van der Waals surface area contributed by atoms with Gasteiger partial charge in [0, 0.05) is 19.3 Å². The SMILES string of the molecule is CCCCCN(C(=O)c1[nH]c(C)c(C(=O)OCCOC)c1C)c1nc(C)c(C(=O)OCC)s1. The maximum Gasteiger partial charge on any atom is 0.350 e. The number of nitrogens with zero attached hydrogens (tertiary/aromatic N) is 2. The predicted octanol–water partition coefficient (Wildman–Crippen LogP) is 4.21. The molecular formula is C23H33N3O6S. The van der Waals surface area contributed by atoms with Crippen molar-refractivity contribution >= 4 is 34.3 Å². The van der Waals surface area contributed by atoms with Gasteiger partial charge in [-0.15, -0.1) is 0 Å². The number of hydrogen-bond acceptors (Lipinski definition) is 8. The molecule has 2 aromatic heterocycles. The van der Waals surface area contributed by atoms with E-state index in [2.05, 4.69) is 16.9 Å². The molecule has 0 saturated carbocycles. The highest BCUT2D eigenvalue weighted by Gasteiger charge is 2.29. The lowest BCUT2D eigenvalue weighted by Crippen LogP contribution is -2.32. The summed E-state index contributed by atoms with van der Waals surface area (Å²) in [5, 5.41) is 0.424. The number of carbonyl (C=O) groups is 3. The number of hydrogen-bond donors (Lipinski definition) is 1. The highest BCUT2D eigenvalue weighted by molar-refractivity contribution is 7.17. The number of amides is 1. The van der Waals surface area contributed by atoms with E-state index in [0.29, 0.717) is 44.8 Å². The van der Waals surface area contributed by atoms with Gasteiger partial charge < -0.3 is 19.2 Å². The van der Waals surface area contributed by atoms with E-state index in [-0.39, 0.29) is 25.7 Å². The fourth-order valence-electron chi connectivity index (χ4n) is 3.38. The van der Waals surface area contributed by atoms with Crippen LogP contribution in [0.4, 0.5) is 5.13 Å². The first-order valence-corrected chi connectivity index (χ1v) is 11.9. The summed E-state index contributed by atoms with van der Waals surface area (Å²) in [5.41, 5.74) is 2.22. The first kappa shape index (κ1) is 26.5. The highest BCUT2D eigenvalue weighted by atomic mass is 32.1. The molecule has 0 aromatic carbocycles. The third-order valence-electron chi connectivity index (χ3n) is 5.08. The van der Waals surface area contributed by atoms with Gasteiger partial charge in [0.1, 0.15) is 17.2 Å². The van der Waals surface area contributed by atoms with E-state index < -0.39 is 11.9 Å². The molecule has 0 aliphatic heterocycles. The number of esters is 2. The Hall–Kier alpha value is -2.72. The molecule has 0 aliphatic rings. The van der Waals surface area contributed by atoms with Crippen LogP contribution >= 0.6 is 11.3 Å². The number of aromatic nitrogens is 2. The molecule has 182 valence electrons. The molecule has 0 atom stereocenters. The molecule has 2 heterocycles. The summed E-state index contributed by atoms with van der Waals surface area (Å²) in [6.45, 7) is 10.1. The fourth-order valence-corrected chi connectivity index (χ4v) is 4.37. The van der Waals surface area contributed by atoms with Gasteiger partial charge >= 0.3 is 11.9 Å². The molecule has 9 nitrogen and oxygen atoms in total. The summed E-state index contributed by atoms with van der Waals surface area (Å²) >= 11 is 1.13. The van der Waals surface area contributed by atoms with Gasteiger partial charge in [-0.1, -0.05) is 31.1 Å². The van der Waals surface area contributed by atoms with Crippen molar-refractivity contribution < 1.29 is 28.6 Å². The molecule has 33 heavy (non-hydrogen) atoms. The first-order valence-electron chi connectivity index (χ1n) is 11.1. The quantitative estimate of drug-likeness (QED) is 0.358. The second kappa shape index (κ2) is 12.5. The van der Waals surface area contributed by atoms with Crippen molar-refractivity contribution in [1.82, 2.24) is 9.97 Å². The van der Waals surface area contributed by atoms with Gasteiger partial charge in [0.05, 0.1) is 24.5 Å². The topological polar surface area (TPSA) is 111 Å². The summed E-state index contributed by atoms with van der Waals surface area (Å²) < 4.78 is 15.3. The molecule has 0 bridgehead atoms. The van der Waals surface area contributed by atoms with Crippen LogP contribution in [0, 0.1) is 20.8 Å². The van der Waals surface area contributed by atoms with Gasteiger partial charge in [0.2, 0.25) is 0 Å². The van der Waals surface area contributed by atoms with Crippen molar-refractivity contribution in [3.05, 3.63) is 33.1 Å². The Kier molecular flexibility index (Phi) is 10.1. The van der Waals surface area contributed by atoms with Gasteiger partial charge in [-0.3, -0.25) is 9.69 Å². The van der Waals surface area contributed by atoms with E-state index in [1.54, 1.807) is 32.6 Å². The zero-order valence-corrected chi connectivity index (χ0v) is 21.0. The normalized spacial score (nSPS) is 10.8. The van der Waals surface area contributed by atoms with Crippen LogP contribution in [0.3, 0.4) is 0 Å². The molecule has 0 spiro atoms. The van der Waals surface area contributed by atoms with Crippen LogP contribution < -0.4 is 4.90 Å². The van der Waals surface area contributed by atoms with E-state index in [0.717, 1.165) is 30.6 Å². The van der Waals surface area contributed by atoms with Crippen molar-refractivity contribution in [2.24, 2.45) is 0 Å². The van der Waals surface area contributed by atoms with Crippen LogP contribution in [0.5, 0.6) is 0 Å². The standard InChI is InChI=1S/C23H33N3O6S/c1-7-9-10-11-26(23-25-16(5)19(33-23)22(29)31-8-2)20(27)18-14(3)17(15(4)24-18)21(28)32-13-12-30-6/h24H,7-13H2,1-6H3. The van der Waals surface area contributed by atoms with Crippen molar-refractivity contribution in [2.75, 3.05) is 38.4 Å². The first-order chi connectivity index (χ1) is 15.8. The molecule has 2 rings (SSSR count). The zero-order chi connectivity index (χ0) is 24.5.